The molecule has 6 heteroatoms. The number of benzene rings is 1. The van der Waals surface area contributed by atoms with Gasteiger partial charge in [-0.2, -0.15) is 18.4 Å². The molecule has 0 atom stereocenters. The third kappa shape index (κ3) is 3.87. The van der Waals surface area contributed by atoms with Gasteiger partial charge in [0.05, 0.1) is 24.0 Å². The Morgan fingerprint density at radius 1 is 1.30 bits per heavy atom. The van der Waals surface area contributed by atoms with Gasteiger partial charge >= 0.3 is 6.18 Å². The van der Waals surface area contributed by atoms with Crippen molar-refractivity contribution in [3.05, 3.63) is 29.8 Å². The van der Waals surface area contributed by atoms with Crippen molar-refractivity contribution in [2.75, 3.05) is 11.9 Å². The van der Waals surface area contributed by atoms with Crippen molar-refractivity contribution in [2.45, 2.75) is 31.0 Å². The van der Waals surface area contributed by atoms with Gasteiger partial charge in [-0.3, -0.25) is 0 Å². The van der Waals surface area contributed by atoms with Crippen LogP contribution in [0.3, 0.4) is 0 Å². The van der Waals surface area contributed by atoms with Crippen LogP contribution < -0.4 is 5.32 Å². The van der Waals surface area contributed by atoms with Gasteiger partial charge in [-0.15, -0.1) is 0 Å². The van der Waals surface area contributed by atoms with E-state index in [-0.39, 0.29) is 11.5 Å². The second-order valence-electron chi connectivity index (χ2n) is 5.30. The molecule has 0 radical (unpaired) electrons. The molecule has 108 valence electrons. The number of hydrogen-bond donors (Lipinski definition) is 2. The summed E-state index contributed by atoms with van der Waals surface area (Å²) in [6.45, 7) is 0.295. The number of nitriles is 1. The Bertz CT molecular complexity index is 499. The van der Waals surface area contributed by atoms with E-state index in [1.165, 1.54) is 12.1 Å². The number of halogens is 3. The lowest BCUT2D eigenvalue weighted by Crippen LogP contribution is -2.48. The third-order valence-electron chi connectivity index (χ3n) is 3.42. The first kappa shape index (κ1) is 14.7. The summed E-state index contributed by atoms with van der Waals surface area (Å²) < 4.78 is 36.6. The van der Waals surface area contributed by atoms with E-state index in [0.29, 0.717) is 25.1 Å². The summed E-state index contributed by atoms with van der Waals surface area (Å²) in [5.41, 5.74) is -0.0231. The summed E-state index contributed by atoms with van der Waals surface area (Å²) in [4.78, 5) is 0. The highest BCUT2D eigenvalue weighted by atomic mass is 19.4. The van der Waals surface area contributed by atoms with Crippen molar-refractivity contribution in [2.24, 2.45) is 5.92 Å². The van der Waals surface area contributed by atoms with Crippen molar-refractivity contribution in [3.8, 4) is 6.07 Å². The maximum absolute atomic E-state index is 12.2. The van der Waals surface area contributed by atoms with Gasteiger partial charge in [0.2, 0.25) is 0 Å². The predicted molar refractivity (Wildman–Crippen MR) is 68.0 cm³/mol. The van der Waals surface area contributed by atoms with Crippen molar-refractivity contribution < 1.29 is 18.3 Å². The normalized spacial score (nSPS) is 25.6. The first-order valence-corrected chi connectivity index (χ1v) is 6.31. The Kier molecular flexibility index (Phi) is 3.91. The van der Waals surface area contributed by atoms with Crippen LogP contribution in [0.4, 0.5) is 18.9 Å². The van der Waals surface area contributed by atoms with Crippen molar-refractivity contribution in [1.29, 1.82) is 5.26 Å². The van der Waals surface area contributed by atoms with E-state index in [2.05, 4.69) is 11.4 Å². The van der Waals surface area contributed by atoms with Gasteiger partial charge in [0.15, 0.2) is 0 Å². The Labute approximate surface area is 115 Å². The van der Waals surface area contributed by atoms with Gasteiger partial charge < -0.3 is 10.4 Å². The first-order chi connectivity index (χ1) is 9.30. The van der Waals surface area contributed by atoms with E-state index >= 15 is 0 Å². The molecule has 1 fully saturated rings. The van der Waals surface area contributed by atoms with Crippen LogP contribution in [0, 0.1) is 17.2 Å². The fourth-order valence-electron chi connectivity index (χ4n) is 2.33. The number of anilines is 1. The zero-order valence-corrected chi connectivity index (χ0v) is 10.7. The topological polar surface area (TPSA) is 56.0 Å². The minimum absolute atomic E-state index is 0.101. The molecule has 20 heavy (non-hydrogen) atoms. The molecule has 1 aromatic rings. The quantitative estimate of drug-likeness (QED) is 0.894. The number of hydrogen-bond acceptors (Lipinski definition) is 3. The maximum atomic E-state index is 12.2. The van der Waals surface area contributed by atoms with Crippen LogP contribution in [-0.2, 0) is 6.42 Å². The van der Waals surface area contributed by atoms with Crippen LogP contribution >= 0.6 is 0 Å². The fraction of sp³-hybridized carbons (Fsp3) is 0.500. The smallest absolute Gasteiger partial charge is 0.388 e. The molecule has 0 aliphatic heterocycles. The van der Waals surface area contributed by atoms with E-state index in [9.17, 15) is 18.3 Å². The molecule has 1 saturated carbocycles. The second kappa shape index (κ2) is 5.33. The van der Waals surface area contributed by atoms with Crippen LogP contribution in [0.15, 0.2) is 24.3 Å². The molecule has 0 unspecified atom stereocenters. The SMILES string of the molecule is N#CC1CC(O)(CNc2ccc(CC(F)(F)F)cc2)C1. The molecular weight excluding hydrogens is 269 g/mol. The fourth-order valence-corrected chi connectivity index (χ4v) is 2.33. The number of alkyl halides is 3. The third-order valence-corrected chi connectivity index (χ3v) is 3.42. The van der Waals surface area contributed by atoms with Gasteiger partial charge in [-0.25, -0.2) is 0 Å². The van der Waals surface area contributed by atoms with Crippen LogP contribution in [0.2, 0.25) is 0 Å². The summed E-state index contributed by atoms with van der Waals surface area (Å²) in [7, 11) is 0. The average Bonchev–Trinajstić information content (AvgIpc) is 2.33. The highest BCUT2D eigenvalue weighted by Crippen LogP contribution is 2.37. The molecule has 0 bridgehead atoms. The average molecular weight is 284 g/mol. The zero-order chi connectivity index (χ0) is 14.8. The van der Waals surface area contributed by atoms with Gasteiger partial charge in [0.1, 0.15) is 0 Å². The number of rotatable bonds is 4. The summed E-state index contributed by atoms with van der Waals surface area (Å²) in [6.07, 6.45) is -4.28. The summed E-state index contributed by atoms with van der Waals surface area (Å²) in [5, 5.41) is 21.7. The van der Waals surface area contributed by atoms with E-state index < -0.39 is 18.2 Å². The van der Waals surface area contributed by atoms with E-state index in [4.69, 9.17) is 5.26 Å². The Balaban J connectivity index is 1.84. The number of nitrogens with zero attached hydrogens (tertiary/aromatic N) is 1. The van der Waals surface area contributed by atoms with Crippen LogP contribution in [-0.4, -0.2) is 23.4 Å². The molecule has 1 aliphatic carbocycles. The molecule has 0 saturated heterocycles. The van der Waals surface area contributed by atoms with Gasteiger partial charge in [-0.1, -0.05) is 12.1 Å². The molecule has 1 aliphatic rings. The minimum Gasteiger partial charge on any atom is -0.388 e. The molecule has 2 N–H and O–H groups in total. The predicted octanol–water partition coefficient (Wildman–Crippen LogP) is 2.87. The van der Waals surface area contributed by atoms with Crippen molar-refractivity contribution >= 4 is 5.69 Å². The molecule has 0 spiro atoms. The van der Waals surface area contributed by atoms with Crippen LogP contribution in [0.25, 0.3) is 0 Å². The van der Waals surface area contributed by atoms with Gasteiger partial charge in [0.25, 0.3) is 0 Å². The molecule has 0 aromatic heterocycles. The lowest BCUT2D eigenvalue weighted by Gasteiger charge is -2.40. The molecule has 2 rings (SSSR count). The van der Waals surface area contributed by atoms with Gasteiger partial charge in [-0.05, 0) is 30.5 Å². The highest BCUT2D eigenvalue weighted by molar-refractivity contribution is 5.45. The van der Waals surface area contributed by atoms with Crippen molar-refractivity contribution in [3.63, 3.8) is 0 Å². The molecule has 0 amide bonds. The van der Waals surface area contributed by atoms with E-state index in [1.54, 1.807) is 12.1 Å². The monoisotopic (exact) mass is 284 g/mol. The summed E-state index contributed by atoms with van der Waals surface area (Å²) >= 11 is 0. The molecular formula is C14H15F3N2O. The van der Waals surface area contributed by atoms with Crippen LogP contribution in [0.1, 0.15) is 18.4 Å². The first-order valence-electron chi connectivity index (χ1n) is 6.31. The van der Waals surface area contributed by atoms with Crippen molar-refractivity contribution in [1.82, 2.24) is 0 Å². The number of nitrogens with one attached hydrogen (secondary N) is 1. The largest absolute Gasteiger partial charge is 0.393 e. The Morgan fingerprint density at radius 2 is 1.90 bits per heavy atom. The van der Waals surface area contributed by atoms with E-state index in [1.807, 2.05) is 0 Å². The van der Waals surface area contributed by atoms with E-state index in [0.717, 1.165) is 0 Å². The molecule has 3 nitrogen and oxygen atoms in total. The minimum atomic E-state index is -4.21. The summed E-state index contributed by atoms with van der Waals surface area (Å²) in [5.74, 6) is -0.101. The number of aliphatic hydroxyl groups is 1. The Morgan fingerprint density at radius 3 is 2.40 bits per heavy atom. The lowest BCUT2D eigenvalue weighted by atomic mass is 9.71. The molecule has 0 heterocycles. The lowest BCUT2D eigenvalue weighted by molar-refractivity contribution is -0.127. The maximum Gasteiger partial charge on any atom is 0.393 e. The van der Waals surface area contributed by atoms with Crippen LogP contribution in [0.5, 0.6) is 0 Å². The summed E-state index contributed by atoms with van der Waals surface area (Å²) in [6, 6.07) is 8.04. The second-order valence-corrected chi connectivity index (χ2v) is 5.30. The zero-order valence-electron chi connectivity index (χ0n) is 10.7. The van der Waals surface area contributed by atoms with Gasteiger partial charge in [0, 0.05) is 12.2 Å². The highest BCUT2D eigenvalue weighted by Gasteiger charge is 2.42. The molecule has 1 aromatic carbocycles. The standard InChI is InChI=1S/C14H15F3N2O/c15-14(16,17)7-10-1-3-12(4-2-10)19-9-13(20)5-11(6-13)8-18/h1-4,11,19-20H,5-7,9H2. The Hall–Kier alpha value is -1.74.